The first-order valence-electron chi connectivity index (χ1n) is 6.99. The van der Waals surface area contributed by atoms with Gasteiger partial charge in [-0.1, -0.05) is 46.0 Å². The Kier molecular flexibility index (Phi) is 7.34. The Morgan fingerprint density at radius 2 is 1.62 bits per heavy atom. The third-order valence-electron chi connectivity index (χ3n) is 3.11. The van der Waals surface area contributed by atoms with E-state index in [-0.39, 0.29) is 0 Å². The minimum absolute atomic E-state index is 0.468. The fourth-order valence-corrected chi connectivity index (χ4v) is 1.93. The molecule has 2 atom stereocenters. The van der Waals surface area contributed by atoms with E-state index in [1.54, 1.807) is 0 Å². The molecule has 0 aromatic heterocycles. The molecule has 0 amide bonds. The first-order chi connectivity index (χ1) is 7.88. The zero-order valence-corrected chi connectivity index (χ0v) is 10.9. The third-order valence-corrected chi connectivity index (χ3v) is 3.11. The van der Waals surface area contributed by atoms with Gasteiger partial charge in [-0.2, -0.15) is 0 Å². The van der Waals surface area contributed by atoms with E-state index in [1.165, 1.54) is 44.9 Å². The number of hydrogen-bond acceptors (Lipinski definition) is 1. The molecule has 0 bridgehead atoms. The minimum Gasteiger partial charge on any atom is -0.369 e. The van der Waals surface area contributed by atoms with Crippen LogP contribution in [-0.2, 0) is 4.74 Å². The maximum absolute atomic E-state index is 5.59. The molecular formula is C15H26O. The topological polar surface area (TPSA) is 12.5 Å². The van der Waals surface area contributed by atoms with Gasteiger partial charge in [0.05, 0.1) is 12.2 Å². The van der Waals surface area contributed by atoms with Crippen LogP contribution in [0.25, 0.3) is 0 Å². The van der Waals surface area contributed by atoms with Crippen LogP contribution in [0.5, 0.6) is 0 Å². The van der Waals surface area contributed by atoms with E-state index < -0.39 is 0 Å². The first kappa shape index (κ1) is 13.6. The molecule has 0 spiro atoms. The monoisotopic (exact) mass is 222 g/mol. The lowest BCUT2D eigenvalue weighted by Gasteiger charge is -1.92. The van der Waals surface area contributed by atoms with Crippen LogP contribution in [0, 0.1) is 11.8 Å². The molecule has 1 nitrogen and oxygen atoms in total. The van der Waals surface area contributed by atoms with Gasteiger partial charge in [0.25, 0.3) is 0 Å². The molecule has 0 radical (unpaired) electrons. The van der Waals surface area contributed by atoms with Gasteiger partial charge in [0.15, 0.2) is 0 Å². The molecule has 1 heterocycles. The van der Waals surface area contributed by atoms with E-state index in [0.29, 0.717) is 12.2 Å². The second-order valence-electron chi connectivity index (χ2n) is 4.72. The summed E-state index contributed by atoms with van der Waals surface area (Å²) in [5.41, 5.74) is 0. The van der Waals surface area contributed by atoms with Crippen molar-refractivity contribution >= 4 is 0 Å². The van der Waals surface area contributed by atoms with Crippen molar-refractivity contribution < 1.29 is 4.74 Å². The van der Waals surface area contributed by atoms with Crippen molar-refractivity contribution in [1.82, 2.24) is 0 Å². The molecule has 1 aliphatic rings. The van der Waals surface area contributed by atoms with Crippen molar-refractivity contribution in [1.29, 1.82) is 0 Å². The normalized spacial score (nSPS) is 22.6. The van der Waals surface area contributed by atoms with Gasteiger partial charge < -0.3 is 4.74 Å². The molecule has 16 heavy (non-hydrogen) atoms. The lowest BCUT2D eigenvalue weighted by Crippen LogP contribution is -1.92. The Morgan fingerprint density at radius 3 is 2.38 bits per heavy atom. The summed E-state index contributed by atoms with van der Waals surface area (Å²) in [6.45, 7) is 4.47. The second-order valence-corrected chi connectivity index (χ2v) is 4.72. The summed E-state index contributed by atoms with van der Waals surface area (Å²) in [4.78, 5) is 0. The van der Waals surface area contributed by atoms with Crippen LogP contribution in [0.15, 0.2) is 0 Å². The fourth-order valence-electron chi connectivity index (χ4n) is 1.93. The molecule has 0 unspecified atom stereocenters. The summed E-state index contributed by atoms with van der Waals surface area (Å²) in [5, 5.41) is 0. The Hall–Kier alpha value is -0.480. The molecule has 92 valence electrons. The molecule has 0 N–H and O–H groups in total. The standard InChI is InChI=1S/C15H26O/c1-3-5-7-8-9-11-13-15-14(16-15)12-10-6-4-2/h14-15H,3-8,10,12-13H2,1-2H3/t14-,15-/m1/s1. The highest BCUT2D eigenvalue weighted by molar-refractivity contribution is 5.04. The summed E-state index contributed by atoms with van der Waals surface area (Å²) in [7, 11) is 0. The summed E-state index contributed by atoms with van der Waals surface area (Å²) in [5.74, 6) is 6.50. The Labute approximate surface area is 101 Å². The molecule has 0 aromatic carbocycles. The summed E-state index contributed by atoms with van der Waals surface area (Å²) >= 11 is 0. The first-order valence-corrected chi connectivity index (χ1v) is 6.99. The highest BCUT2D eigenvalue weighted by Gasteiger charge is 2.36. The molecule has 1 heteroatoms. The van der Waals surface area contributed by atoms with Crippen molar-refractivity contribution in [2.24, 2.45) is 0 Å². The van der Waals surface area contributed by atoms with Gasteiger partial charge in [-0.15, -0.1) is 11.8 Å². The highest BCUT2D eigenvalue weighted by atomic mass is 16.6. The van der Waals surface area contributed by atoms with E-state index >= 15 is 0 Å². The van der Waals surface area contributed by atoms with E-state index in [9.17, 15) is 0 Å². The van der Waals surface area contributed by atoms with E-state index in [1.807, 2.05) is 0 Å². The van der Waals surface area contributed by atoms with Crippen LogP contribution in [-0.4, -0.2) is 12.2 Å². The Balaban J connectivity index is 1.91. The van der Waals surface area contributed by atoms with Crippen molar-refractivity contribution in [3.05, 3.63) is 0 Å². The quantitative estimate of drug-likeness (QED) is 0.339. The van der Waals surface area contributed by atoms with Crippen molar-refractivity contribution in [3.8, 4) is 11.8 Å². The number of unbranched alkanes of at least 4 members (excludes halogenated alkanes) is 5. The largest absolute Gasteiger partial charge is 0.369 e. The molecule has 0 aromatic rings. The average Bonchev–Trinajstić information content (AvgIpc) is 3.03. The van der Waals surface area contributed by atoms with Gasteiger partial charge in [-0.05, 0) is 12.8 Å². The zero-order valence-electron chi connectivity index (χ0n) is 10.9. The van der Waals surface area contributed by atoms with Gasteiger partial charge in [0, 0.05) is 12.8 Å². The van der Waals surface area contributed by atoms with Gasteiger partial charge in [-0.3, -0.25) is 0 Å². The smallest absolute Gasteiger partial charge is 0.0950 e. The van der Waals surface area contributed by atoms with Crippen LogP contribution in [0.3, 0.4) is 0 Å². The average molecular weight is 222 g/mol. The van der Waals surface area contributed by atoms with E-state index in [0.717, 1.165) is 12.8 Å². The second kappa shape index (κ2) is 8.65. The van der Waals surface area contributed by atoms with Gasteiger partial charge in [-0.25, -0.2) is 0 Å². The van der Waals surface area contributed by atoms with Crippen LogP contribution in [0.2, 0.25) is 0 Å². The minimum atomic E-state index is 0.468. The Bertz CT molecular complexity index is 223. The molecule has 0 saturated carbocycles. The molecular weight excluding hydrogens is 196 g/mol. The van der Waals surface area contributed by atoms with Crippen LogP contribution in [0.4, 0.5) is 0 Å². The summed E-state index contributed by atoms with van der Waals surface area (Å²) in [6, 6.07) is 0. The molecule has 1 aliphatic heterocycles. The molecule has 1 fully saturated rings. The third kappa shape index (κ3) is 6.18. The van der Waals surface area contributed by atoms with Gasteiger partial charge in [0.1, 0.15) is 0 Å². The molecule has 0 aliphatic carbocycles. The van der Waals surface area contributed by atoms with Gasteiger partial charge in [0.2, 0.25) is 0 Å². The number of ether oxygens (including phenoxy) is 1. The Morgan fingerprint density at radius 1 is 0.875 bits per heavy atom. The number of rotatable bonds is 8. The van der Waals surface area contributed by atoms with Crippen LogP contribution >= 0.6 is 0 Å². The lowest BCUT2D eigenvalue weighted by atomic mass is 10.1. The van der Waals surface area contributed by atoms with Crippen molar-refractivity contribution in [3.63, 3.8) is 0 Å². The zero-order chi connectivity index (χ0) is 11.6. The SMILES string of the molecule is CCCCCC#CC[C@H]1O[C@@H]1CCCCC. The highest BCUT2D eigenvalue weighted by Crippen LogP contribution is 2.29. The van der Waals surface area contributed by atoms with E-state index in [4.69, 9.17) is 4.74 Å². The summed E-state index contributed by atoms with van der Waals surface area (Å²) < 4.78 is 5.59. The van der Waals surface area contributed by atoms with Crippen molar-refractivity contribution in [2.75, 3.05) is 0 Å². The van der Waals surface area contributed by atoms with Crippen LogP contribution in [0.1, 0.15) is 71.6 Å². The van der Waals surface area contributed by atoms with E-state index in [2.05, 4.69) is 25.7 Å². The maximum atomic E-state index is 5.59. The molecule has 1 rings (SSSR count). The lowest BCUT2D eigenvalue weighted by molar-refractivity contribution is 0.360. The number of hydrogen-bond donors (Lipinski definition) is 0. The maximum Gasteiger partial charge on any atom is 0.0950 e. The van der Waals surface area contributed by atoms with Gasteiger partial charge >= 0.3 is 0 Å². The van der Waals surface area contributed by atoms with Crippen molar-refractivity contribution in [2.45, 2.75) is 83.8 Å². The predicted octanol–water partition coefficient (Wildman–Crippen LogP) is 4.31. The summed E-state index contributed by atoms with van der Waals surface area (Å²) in [6.07, 6.45) is 12.1. The predicted molar refractivity (Wildman–Crippen MR) is 69.3 cm³/mol. The fraction of sp³-hybridized carbons (Fsp3) is 0.867. The van der Waals surface area contributed by atoms with Crippen LogP contribution < -0.4 is 0 Å². The molecule has 1 saturated heterocycles. The number of epoxide rings is 1.